The highest BCUT2D eigenvalue weighted by Gasteiger charge is 2.06. The van der Waals surface area contributed by atoms with Crippen LogP contribution in [0.1, 0.15) is 80.1 Å². The Kier molecular flexibility index (Phi) is 14.2. The minimum Gasteiger partial charge on any atom is -0.0998 e. The molecule has 0 nitrogen and oxygen atoms in total. The number of allylic oxidation sites excluding steroid dienone is 2. The zero-order valence-corrected chi connectivity index (χ0v) is 13.8. The topological polar surface area (TPSA) is 0 Å². The van der Waals surface area contributed by atoms with E-state index in [1.807, 2.05) is 13.8 Å². The van der Waals surface area contributed by atoms with E-state index < -0.39 is 0 Å². The van der Waals surface area contributed by atoms with Gasteiger partial charge in [-0.15, -0.1) is 0 Å². The molecular formula is C18H36. The Balaban J connectivity index is 0. The van der Waals surface area contributed by atoms with E-state index in [4.69, 9.17) is 0 Å². The Morgan fingerprint density at radius 1 is 0.833 bits per heavy atom. The third-order valence-electron chi connectivity index (χ3n) is 3.66. The first-order valence-electron chi connectivity index (χ1n) is 7.84. The van der Waals surface area contributed by atoms with Crippen LogP contribution >= 0.6 is 0 Å². The van der Waals surface area contributed by atoms with Crippen LogP contribution in [0.2, 0.25) is 0 Å². The molecule has 0 aromatic heterocycles. The maximum atomic E-state index is 3.91. The summed E-state index contributed by atoms with van der Waals surface area (Å²) in [5.74, 6) is 1.83. The predicted molar refractivity (Wildman–Crippen MR) is 87.0 cm³/mol. The lowest BCUT2D eigenvalue weighted by atomic mass is 9.91. The van der Waals surface area contributed by atoms with E-state index in [-0.39, 0.29) is 0 Å². The summed E-state index contributed by atoms with van der Waals surface area (Å²) in [7, 11) is 0. The van der Waals surface area contributed by atoms with Crippen molar-refractivity contribution in [2.75, 3.05) is 0 Å². The van der Waals surface area contributed by atoms with Gasteiger partial charge in [-0.2, -0.15) is 0 Å². The van der Waals surface area contributed by atoms with Crippen molar-refractivity contribution in [3.05, 3.63) is 24.3 Å². The summed E-state index contributed by atoms with van der Waals surface area (Å²) in [6.07, 6.45) is 7.40. The maximum absolute atomic E-state index is 3.91. The fourth-order valence-electron chi connectivity index (χ4n) is 2.19. The monoisotopic (exact) mass is 252 g/mol. The summed E-state index contributed by atoms with van der Waals surface area (Å²) >= 11 is 0. The molecule has 0 bridgehead atoms. The van der Waals surface area contributed by atoms with Crippen LogP contribution in [0, 0.1) is 11.8 Å². The third-order valence-corrected chi connectivity index (χ3v) is 3.66. The summed E-state index contributed by atoms with van der Waals surface area (Å²) in [5.41, 5.74) is 2.80. The van der Waals surface area contributed by atoms with Gasteiger partial charge in [0.05, 0.1) is 0 Å². The molecule has 1 aliphatic carbocycles. The first kappa shape index (κ1) is 19.8. The molecule has 0 amide bonds. The van der Waals surface area contributed by atoms with Gasteiger partial charge in [-0.1, -0.05) is 78.7 Å². The molecule has 0 heteroatoms. The molecule has 0 spiro atoms. The van der Waals surface area contributed by atoms with Crippen LogP contribution < -0.4 is 0 Å². The molecule has 0 heterocycles. The number of rotatable bonds is 3. The Labute approximate surface area is 117 Å². The zero-order chi connectivity index (χ0) is 14.6. The lowest BCUT2D eigenvalue weighted by Gasteiger charge is -2.15. The summed E-state index contributed by atoms with van der Waals surface area (Å²) in [4.78, 5) is 0. The van der Waals surface area contributed by atoms with Crippen LogP contribution in [0.15, 0.2) is 24.3 Å². The van der Waals surface area contributed by atoms with Gasteiger partial charge in [0.2, 0.25) is 0 Å². The molecule has 0 aromatic carbocycles. The standard InChI is InChI=1S/C8H12.C8H18.C2H6/c1-7-3-5-8(2)6-4-7;1-5-8(6-2)7(3)4;1-2/h1-6H2;7-8H,5-6H2,1-4H3;1-2H3. The molecule has 1 fully saturated rings. The highest BCUT2D eigenvalue weighted by molar-refractivity contribution is 5.09. The van der Waals surface area contributed by atoms with Crippen molar-refractivity contribution in [3.8, 4) is 0 Å². The second kappa shape index (κ2) is 12.9. The molecule has 0 radical (unpaired) electrons. The Hall–Kier alpha value is -0.520. The summed E-state index contributed by atoms with van der Waals surface area (Å²) in [5, 5.41) is 0. The molecule has 18 heavy (non-hydrogen) atoms. The molecule has 0 aromatic rings. The summed E-state index contributed by atoms with van der Waals surface area (Å²) in [6, 6.07) is 0. The smallest absolute Gasteiger partial charge is 0.0286 e. The van der Waals surface area contributed by atoms with Gasteiger partial charge in [-0.05, 0) is 37.5 Å². The van der Waals surface area contributed by atoms with Crippen molar-refractivity contribution in [1.82, 2.24) is 0 Å². The van der Waals surface area contributed by atoms with Crippen LogP contribution in [-0.4, -0.2) is 0 Å². The van der Waals surface area contributed by atoms with Crippen molar-refractivity contribution in [2.24, 2.45) is 11.8 Å². The fraction of sp³-hybridized carbons (Fsp3) is 0.778. The Morgan fingerprint density at radius 3 is 1.22 bits per heavy atom. The van der Waals surface area contributed by atoms with Crippen LogP contribution in [-0.2, 0) is 0 Å². The van der Waals surface area contributed by atoms with E-state index >= 15 is 0 Å². The zero-order valence-electron chi connectivity index (χ0n) is 13.8. The number of hydrogen-bond donors (Lipinski definition) is 0. The molecule has 108 valence electrons. The molecule has 0 unspecified atom stereocenters. The minimum atomic E-state index is 0.880. The molecule has 1 saturated carbocycles. The Morgan fingerprint density at radius 2 is 1.11 bits per heavy atom. The van der Waals surface area contributed by atoms with Gasteiger partial charge in [0.1, 0.15) is 0 Å². The minimum absolute atomic E-state index is 0.880. The highest BCUT2D eigenvalue weighted by atomic mass is 14.1. The second-order valence-corrected chi connectivity index (χ2v) is 5.32. The van der Waals surface area contributed by atoms with Crippen molar-refractivity contribution >= 4 is 0 Å². The van der Waals surface area contributed by atoms with E-state index in [0.29, 0.717) is 0 Å². The summed E-state index contributed by atoms with van der Waals surface area (Å²) in [6.45, 7) is 21.0. The third kappa shape index (κ3) is 10.6. The largest absolute Gasteiger partial charge is 0.0998 e. The van der Waals surface area contributed by atoms with Gasteiger partial charge in [-0.25, -0.2) is 0 Å². The van der Waals surface area contributed by atoms with Gasteiger partial charge >= 0.3 is 0 Å². The van der Waals surface area contributed by atoms with Crippen LogP contribution in [0.5, 0.6) is 0 Å². The Bertz CT molecular complexity index is 178. The quantitative estimate of drug-likeness (QED) is 0.486. The molecule has 0 atom stereocenters. The van der Waals surface area contributed by atoms with Gasteiger partial charge in [-0.3, -0.25) is 0 Å². The van der Waals surface area contributed by atoms with Gasteiger partial charge < -0.3 is 0 Å². The van der Waals surface area contributed by atoms with Crippen molar-refractivity contribution in [3.63, 3.8) is 0 Å². The van der Waals surface area contributed by atoms with Gasteiger partial charge in [0.15, 0.2) is 0 Å². The van der Waals surface area contributed by atoms with E-state index in [1.165, 1.54) is 49.7 Å². The average molecular weight is 252 g/mol. The first-order chi connectivity index (χ1) is 8.51. The molecular weight excluding hydrogens is 216 g/mol. The fourth-order valence-corrected chi connectivity index (χ4v) is 2.19. The van der Waals surface area contributed by atoms with Crippen molar-refractivity contribution in [1.29, 1.82) is 0 Å². The molecule has 1 aliphatic rings. The predicted octanol–water partition coefficient (Wildman–Crippen LogP) is 6.78. The first-order valence-corrected chi connectivity index (χ1v) is 7.84. The average Bonchev–Trinajstić information content (AvgIpc) is 2.37. The summed E-state index contributed by atoms with van der Waals surface area (Å²) < 4.78 is 0. The van der Waals surface area contributed by atoms with Crippen LogP contribution in [0.3, 0.4) is 0 Å². The molecule has 1 rings (SSSR count). The van der Waals surface area contributed by atoms with Crippen LogP contribution in [0.4, 0.5) is 0 Å². The normalized spacial score (nSPS) is 14.9. The van der Waals surface area contributed by atoms with Crippen LogP contribution in [0.25, 0.3) is 0 Å². The molecule has 0 saturated heterocycles. The van der Waals surface area contributed by atoms with Gasteiger partial charge in [0, 0.05) is 0 Å². The van der Waals surface area contributed by atoms with E-state index in [2.05, 4.69) is 40.9 Å². The van der Waals surface area contributed by atoms with E-state index in [9.17, 15) is 0 Å². The lowest BCUT2D eigenvalue weighted by Crippen LogP contribution is -2.04. The molecule has 0 aliphatic heterocycles. The maximum Gasteiger partial charge on any atom is -0.0286 e. The SMILES string of the molecule is C=C1CCC(=C)CC1.CC.CCC(CC)C(C)C. The second-order valence-electron chi connectivity index (χ2n) is 5.32. The number of hydrogen-bond acceptors (Lipinski definition) is 0. The molecule has 0 N–H and O–H groups in total. The lowest BCUT2D eigenvalue weighted by molar-refractivity contribution is 0.362. The van der Waals surface area contributed by atoms with Crippen molar-refractivity contribution in [2.45, 2.75) is 80.1 Å². The van der Waals surface area contributed by atoms with Crippen molar-refractivity contribution < 1.29 is 0 Å². The highest BCUT2D eigenvalue weighted by Crippen LogP contribution is 2.24. The van der Waals surface area contributed by atoms with E-state index in [1.54, 1.807) is 0 Å². The van der Waals surface area contributed by atoms with Gasteiger partial charge in [0.25, 0.3) is 0 Å². The van der Waals surface area contributed by atoms with E-state index in [0.717, 1.165) is 11.8 Å².